The maximum atomic E-state index is 14.6. The van der Waals surface area contributed by atoms with Gasteiger partial charge in [-0.15, -0.1) is 0 Å². The van der Waals surface area contributed by atoms with Crippen LogP contribution in [0.3, 0.4) is 0 Å². The fourth-order valence-electron chi connectivity index (χ4n) is 6.05. The molecule has 0 aliphatic heterocycles. The van der Waals surface area contributed by atoms with Gasteiger partial charge in [0.2, 0.25) is 11.6 Å². The van der Waals surface area contributed by atoms with E-state index in [4.69, 9.17) is 29.9 Å². The molecule has 0 spiro atoms. The second-order valence-corrected chi connectivity index (χ2v) is 18.3. The molecule has 0 atom stereocenters. The van der Waals surface area contributed by atoms with Crippen LogP contribution < -0.4 is 0 Å². The maximum Gasteiger partial charge on any atom is 0.267 e. The Kier molecular flexibility index (Phi) is 9.99. The van der Waals surface area contributed by atoms with E-state index >= 15 is 0 Å². The van der Waals surface area contributed by atoms with Gasteiger partial charge in [-0.2, -0.15) is 0 Å². The molecular weight excluding hydrogens is 665 g/mol. The lowest BCUT2D eigenvalue weighted by Crippen LogP contribution is -2.16. The van der Waals surface area contributed by atoms with Gasteiger partial charge in [0.1, 0.15) is 0 Å². The molecule has 0 bridgehead atoms. The highest BCUT2D eigenvalue weighted by Crippen LogP contribution is 2.31. The van der Waals surface area contributed by atoms with Crippen LogP contribution in [0.25, 0.3) is 45.6 Å². The molecule has 0 saturated carbocycles. The highest BCUT2D eigenvalue weighted by atomic mass is 16.1. The summed E-state index contributed by atoms with van der Waals surface area (Å²) in [7, 11) is 0. The summed E-state index contributed by atoms with van der Waals surface area (Å²) in [5.74, 6) is 0.998. The first-order valence-corrected chi connectivity index (χ1v) is 18.7. The van der Waals surface area contributed by atoms with Crippen molar-refractivity contribution in [3.63, 3.8) is 0 Å². The van der Waals surface area contributed by atoms with Crippen molar-refractivity contribution < 1.29 is 4.79 Å². The van der Waals surface area contributed by atoms with E-state index in [2.05, 4.69) is 132 Å². The standard InChI is InChI=1S/C47H52N6O/c1-44(2,3)33-21-13-29(14-22-33)38-48-39(30-15-23-34(24-16-30)45(4,5)6)51-42(50-38)37(54)43-52-40(31-17-25-35(26-18-31)46(7,8)9)49-41(53-43)32-19-27-36(28-20-32)47(10,11)12/h13-28H,1-12H3. The van der Waals surface area contributed by atoms with Crippen LogP contribution in [0.15, 0.2) is 97.1 Å². The van der Waals surface area contributed by atoms with Crippen molar-refractivity contribution >= 4 is 5.78 Å². The molecule has 0 saturated heterocycles. The molecule has 0 aliphatic carbocycles. The van der Waals surface area contributed by atoms with Crippen LogP contribution in [-0.4, -0.2) is 35.7 Å². The van der Waals surface area contributed by atoms with Gasteiger partial charge in [0.15, 0.2) is 23.3 Å². The normalized spacial score (nSPS) is 12.5. The van der Waals surface area contributed by atoms with Crippen LogP contribution >= 0.6 is 0 Å². The molecule has 0 N–H and O–H groups in total. The summed E-state index contributed by atoms with van der Waals surface area (Å²) in [5, 5.41) is 0. The fraction of sp³-hybridized carbons (Fsp3) is 0.340. The van der Waals surface area contributed by atoms with E-state index in [9.17, 15) is 4.79 Å². The lowest BCUT2D eigenvalue weighted by Gasteiger charge is -2.19. The lowest BCUT2D eigenvalue weighted by molar-refractivity contribution is 0.101. The van der Waals surface area contributed by atoms with Crippen LogP contribution in [-0.2, 0) is 21.7 Å². The minimum atomic E-state index is -0.514. The van der Waals surface area contributed by atoms with E-state index in [1.165, 1.54) is 22.3 Å². The summed E-state index contributed by atoms with van der Waals surface area (Å²) in [4.78, 5) is 43.5. The minimum absolute atomic E-state index is 0.0209. The van der Waals surface area contributed by atoms with Crippen LogP contribution in [0.1, 0.15) is 122 Å². The number of hydrogen-bond donors (Lipinski definition) is 0. The van der Waals surface area contributed by atoms with E-state index in [1.54, 1.807) is 0 Å². The molecule has 0 amide bonds. The van der Waals surface area contributed by atoms with Crippen molar-refractivity contribution in [2.45, 2.75) is 105 Å². The molecule has 0 fully saturated rings. The zero-order valence-corrected chi connectivity index (χ0v) is 33.8. The number of nitrogens with zero attached hydrogens (tertiary/aromatic N) is 6. The predicted octanol–water partition coefficient (Wildman–Crippen LogP) is 11.1. The van der Waals surface area contributed by atoms with Gasteiger partial charge in [-0.1, -0.05) is 180 Å². The van der Waals surface area contributed by atoms with Crippen molar-refractivity contribution in [1.82, 2.24) is 29.9 Å². The van der Waals surface area contributed by atoms with Crippen molar-refractivity contribution in [3.05, 3.63) is 131 Å². The highest BCUT2D eigenvalue weighted by Gasteiger charge is 2.24. The van der Waals surface area contributed by atoms with Crippen molar-refractivity contribution in [2.24, 2.45) is 0 Å². The molecule has 6 aromatic rings. The van der Waals surface area contributed by atoms with E-state index in [0.717, 1.165) is 22.3 Å². The Labute approximate surface area is 320 Å². The molecule has 7 nitrogen and oxygen atoms in total. The Bertz CT molecular complexity index is 1960. The topological polar surface area (TPSA) is 94.4 Å². The van der Waals surface area contributed by atoms with Gasteiger partial charge >= 0.3 is 0 Å². The average molecular weight is 717 g/mol. The maximum absolute atomic E-state index is 14.6. The first-order chi connectivity index (χ1) is 25.2. The molecule has 6 rings (SSSR count). The minimum Gasteiger partial charge on any atom is -0.281 e. The van der Waals surface area contributed by atoms with Crippen LogP contribution in [0, 0.1) is 0 Å². The smallest absolute Gasteiger partial charge is 0.267 e. The SMILES string of the molecule is CC(C)(C)c1ccc(-c2nc(C(=O)c3nc(-c4ccc(C(C)(C)C)cc4)nc(-c4ccc(C(C)(C)C)cc4)n3)nc(-c3ccc(C(C)(C)C)cc3)n2)cc1. The summed E-state index contributed by atoms with van der Waals surface area (Å²) in [6.07, 6.45) is 0. The monoisotopic (exact) mass is 716 g/mol. The van der Waals surface area contributed by atoms with Gasteiger partial charge in [0.05, 0.1) is 0 Å². The van der Waals surface area contributed by atoms with E-state index in [0.29, 0.717) is 23.3 Å². The van der Waals surface area contributed by atoms with Gasteiger partial charge in [0, 0.05) is 22.3 Å². The molecule has 2 heterocycles. The van der Waals surface area contributed by atoms with Crippen LogP contribution in [0.4, 0.5) is 0 Å². The molecule has 2 aromatic heterocycles. The van der Waals surface area contributed by atoms with E-state index < -0.39 is 5.78 Å². The van der Waals surface area contributed by atoms with Gasteiger partial charge in [-0.25, -0.2) is 29.9 Å². The van der Waals surface area contributed by atoms with E-state index in [1.807, 2.05) is 48.5 Å². The molecule has 7 heteroatoms. The second-order valence-electron chi connectivity index (χ2n) is 18.3. The van der Waals surface area contributed by atoms with Crippen LogP contribution in [0.2, 0.25) is 0 Å². The number of aromatic nitrogens is 6. The van der Waals surface area contributed by atoms with Crippen LogP contribution in [0.5, 0.6) is 0 Å². The van der Waals surface area contributed by atoms with Gasteiger partial charge in [-0.05, 0) is 43.9 Å². The second kappa shape index (κ2) is 14.1. The largest absolute Gasteiger partial charge is 0.281 e. The fourth-order valence-corrected chi connectivity index (χ4v) is 6.05. The Hall–Kier alpha value is -5.43. The third-order valence-electron chi connectivity index (χ3n) is 9.71. The number of carbonyl (C=O) groups excluding carboxylic acids is 1. The molecular formula is C47H52N6O. The molecule has 0 aliphatic rings. The third kappa shape index (κ3) is 8.52. The third-order valence-corrected chi connectivity index (χ3v) is 9.71. The van der Waals surface area contributed by atoms with Gasteiger partial charge in [-0.3, -0.25) is 4.79 Å². The quantitative estimate of drug-likeness (QED) is 0.158. The molecule has 276 valence electrons. The van der Waals surface area contributed by atoms with E-state index in [-0.39, 0.29) is 33.3 Å². The molecule has 0 radical (unpaired) electrons. The number of rotatable bonds is 6. The summed E-state index contributed by atoms with van der Waals surface area (Å²) in [6, 6.07) is 32.6. The van der Waals surface area contributed by atoms with Crippen molar-refractivity contribution in [2.75, 3.05) is 0 Å². The Balaban J connectivity index is 1.50. The molecule has 0 unspecified atom stereocenters. The van der Waals surface area contributed by atoms with Gasteiger partial charge < -0.3 is 0 Å². The summed E-state index contributed by atoms with van der Waals surface area (Å²) in [5.41, 5.74) is 7.78. The zero-order chi connectivity index (χ0) is 39.2. The zero-order valence-electron chi connectivity index (χ0n) is 33.8. The summed E-state index contributed by atoms with van der Waals surface area (Å²) in [6.45, 7) is 26.1. The van der Waals surface area contributed by atoms with Crippen molar-refractivity contribution in [1.29, 1.82) is 0 Å². The Morgan fingerprint density at radius 2 is 0.500 bits per heavy atom. The van der Waals surface area contributed by atoms with Crippen molar-refractivity contribution in [3.8, 4) is 45.6 Å². The summed E-state index contributed by atoms with van der Waals surface area (Å²) < 4.78 is 0. The predicted molar refractivity (Wildman–Crippen MR) is 220 cm³/mol. The Morgan fingerprint density at radius 1 is 0.315 bits per heavy atom. The number of hydrogen-bond acceptors (Lipinski definition) is 7. The Morgan fingerprint density at radius 3 is 0.667 bits per heavy atom. The first kappa shape index (κ1) is 38.3. The number of carbonyl (C=O) groups is 1. The summed E-state index contributed by atoms with van der Waals surface area (Å²) >= 11 is 0. The first-order valence-electron chi connectivity index (χ1n) is 18.7. The average Bonchev–Trinajstić information content (AvgIpc) is 3.13. The molecule has 4 aromatic carbocycles. The highest BCUT2D eigenvalue weighted by molar-refractivity contribution is 6.04. The lowest BCUT2D eigenvalue weighted by atomic mass is 9.86. The number of ketones is 1. The molecule has 54 heavy (non-hydrogen) atoms. The van der Waals surface area contributed by atoms with Gasteiger partial charge in [0.25, 0.3) is 5.78 Å². The number of benzene rings is 4.